The number of pyridine rings is 1. The minimum Gasteiger partial charge on any atom is -0.256 e. The molecule has 0 radical (unpaired) electrons. The largest absolute Gasteiger partial charge is 0.256 e. The lowest BCUT2D eigenvalue weighted by Crippen LogP contribution is -1.96. The van der Waals surface area contributed by atoms with Crippen LogP contribution < -0.4 is 0 Å². The van der Waals surface area contributed by atoms with Crippen LogP contribution in [0.2, 0.25) is 0 Å². The zero-order valence-electron chi connectivity index (χ0n) is 24.1. The van der Waals surface area contributed by atoms with E-state index in [1.54, 1.807) is 6.08 Å². The van der Waals surface area contributed by atoms with Crippen molar-refractivity contribution in [2.24, 2.45) is 0 Å². The molecule has 5 aromatic carbocycles. The van der Waals surface area contributed by atoms with Crippen molar-refractivity contribution in [3.8, 4) is 45.0 Å². The molecule has 0 aliphatic heterocycles. The fourth-order valence-electron chi connectivity index (χ4n) is 5.36. The van der Waals surface area contributed by atoms with E-state index in [0.717, 1.165) is 61.1 Å². The molecule has 0 spiro atoms. The van der Waals surface area contributed by atoms with E-state index >= 15 is 0 Å². The summed E-state index contributed by atoms with van der Waals surface area (Å²) in [6, 6.07) is 44.2. The molecule has 0 unspecified atom stereocenters. The third-order valence-electron chi connectivity index (χ3n) is 7.67. The summed E-state index contributed by atoms with van der Waals surface area (Å²) in [5.41, 5.74) is 9.04. The zero-order valence-corrected chi connectivity index (χ0v) is 24.1. The highest BCUT2D eigenvalue weighted by atomic mass is 14.9. The van der Waals surface area contributed by atoms with Crippen molar-refractivity contribution >= 4 is 27.8 Å². The third kappa shape index (κ3) is 5.72. The summed E-state index contributed by atoms with van der Waals surface area (Å²) in [6.07, 6.45) is 11.7. The Morgan fingerprint density at radius 3 is 2.02 bits per heavy atom. The summed E-state index contributed by atoms with van der Waals surface area (Å²) in [7, 11) is 0. The zero-order chi connectivity index (χ0) is 29.7. The summed E-state index contributed by atoms with van der Waals surface area (Å²) in [5.74, 6) is 0.694. The molecule has 0 bridgehead atoms. The summed E-state index contributed by atoms with van der Waals surface area (Å²) in [4.78, 5) is 14.9. The number of hydrogen-bond donors (Lipinski definition) is 0. The Kier molecular flexibility index (Phi) is 7.42. The maximum absolute atomic E-state index is 5.11. The molecule has 0 atom stereocenters. The number of nitrogens with zero attached hydrogens (tertiary/aromatic N) is 3. The van der Waals surface area contributed by atoms with E-state index in [1.165, 1.54) is 5.39 Å². The van der Waals surface area contributed by atoms with E-state index in [9.17, 15) is 0 Å². The Bertz CT molecular complexity index is 2190. The van der Waals surface area contributed by atoms with Crippen LogP contribution in [0.1, 0.15) is 5.56 Å². The van der Waals surface area contributed by atoms with Crippen LogP contribution in [-0.4, -0.2) is 15.0 Å². The van der Waals surface area contributed by atoms with E-state index in [-0.39, 0.29) is 0 Å². The van der Waals surface area contributed by atoms with Crippen molar-refractivity contribution in [2.75, 3.05) is 0 Å². The van der Waals surface area contributed by atoms with Gasteiger partial charge in [-0.25, -0.2) is 9.97 Å². The quantitative estimate of drug-likeness (QED) is 0.181. The fraction of sp³-hybridized carbons (Fsp3) is 0. The average Bonchev–Trinajstić information content (AvgIpc) is 3.10. The van der Waals surface area contributed by atoms with E-state index in [4.69, 9.17) is 9.97 Å². The number of para-hydroxylation sites is 1. The molecule has 0 aliphatic carbocycles. The van der Waals surface area contributed by atoms with E-state index in [0.29, 0.717) is 5.82 Å². The summed E-state index contributed by atoms with van der Waals surface area (Å²) < 4.78 is 0. The highest BCUT2D eigenvalue weighted by Crippen LogP contribution is 2.32. The van der Waals surface area contributed by atoms with Crippen LogP contribution >= 0.6 is 0 Å². The first-order valence-electron chi connectivity index (χ1n) is 14.6. The summed E-state index contributed by atoms with van der Waals surface area (Å²) in [5, 5.41) is 3.47. The minimum atomic E-state index is 0.694. The van der Waals surface area contributed by atoms with Gasteiger partial charge in [-0.3, -0.25) is 4.98 Å². The van der Waals surface area contributed by atoms with Gasteiger partial charge in [-0.1, -0.05) is 134 Å². The summed E-state index contributed by atoms with van der Waals surface area (Å²) >= 11 is 0. The van der Waals surface area contributed by atoms with Crippen LogP contribution in [0.25, 0.3) is 72.8 Å². The number of hydrogen-bond acceptors (Lipinski definition) is 3. The lowest BCUT2D eigenvalue weighted by Gasteiger charge is -2.11. The second-order valence-electron chi connectivity index (χ2n) is 10.6. The van der Waals surface area contributed by atoms with Crippen LogP contribution in [0, 0.1) is 0 Å². The Hall–Kier alpha value is -5.93. The van der Waals surface area contributed by atoms with Crippen LogP contribution in [-0.2, 0) is 0 Å². The van der Waals surface area contributed by atoms with Crippen molar-refractivity contribution < 1.29 is 0 Å². The van der Waals surface area contributed by atoms with Gasteiger partial charge in [0.15, 0.2) is 5.82 Å². The topological polar surface area (TPSA) is 38.7 Å². The number of aromatic nitrogens is 3. The van der Waals surface area contributed by atoms with Crippen LogP contribution in [0.5, 0.6) is 0 Å². The van der Waals surface area contributed by atoms with Gasteiger partial charge in [-0.05, 0) is 52.2 Å². The molecule has 2 aromatic heterocycles. The highest BCUT2D eigenvalue weighted by Gasteiger charge is 2.12. The molecule has 7 rings (SSSR count). The standard InChI is InChI=1S/C41H29N3/c1-2-3-4-5-11-29-18-20-31(21-19-29)39-27-40(44-41(43-39)36-23-22-30-12-6-7-13-32(30)25-36)35-16-10-15-33(24-35)37-26-34-14-8-9-17-38(34)42-28-37/h2-28H,1H2/b4-3-,11-5+. The van der Waals surface area contributed by atoms with E-state index in [1.807, 2.05) is 42.6 Å². The first kappa shape index (κ1) is 26.9. The molecule has 0 saturated carbocycles. The predicted molar refractivity (Wildman–Crippen MR) is 185 cm³/mol. The molecule has 7 aromatic rings. The van der Waals surface area contributed by atoms with Gasteiger partial charge in [0.25, 0.3) is 0 Å². The first-order chi connectivity index (χ1) is 21.7. The van der Waals surface area contributed by atoms with Crippen molar-refractivity contribution in [2.45, 2.75) is 0 Å². The number of rotatable bonds is 7. The molecular formula is C41H29N3. The average molecular weight is 564 g/mol. The van der Waals surface area contributed by atoms with E-state index in [2.05, 4.69) is 127 Å². The molecule has 44 heavy (non-hydrogen) atoms. The second-order valence-corrected chi connectivity index (χ2v) is 10.6. The maximum atomic E-state index is 5.11. The van der Waals surface area contributed by atoms with Gasteiger partial charge in [0.05, 0.1) is 16.9 Å². The van der Waals surface area contributed by atoms with Crippen molar-refractivity contribution in [3.05, 3.63) is 170 Å². The monoisotopic (exact) mass is 563 g/mol. The number of allylic oxidation sites excluding steroid dienone is 4. The van der Waals surface area contributed by atoms with Crippen molar-refractivity contribution in [1.29, 1.82) is 0 Å². The van der Waals surface area contributed by atoms with Crippen molar-refractivity contribution in [3.63, 3.8) is 0 Å². The first-order valence-corrected chi connectivity index (χ1v) is 14.6. The second kappa shape index (κ2) is 12.1. The molecule has 0 fully saturated rings. The molecule has 0 aliphatic rings. The lowest BCUT2D eigenvalue weighted by atomic mass is 10.00. The molecular weight excluding hydrogens is 534 g/mol. The van der Waals surface area contributed by atoms with Gasteiger partial charge < -0.3 is 0 Å². The van der Waals surface area contributed by atoms with Gasteiger partial charge in [-0.2, -0.15) is 0 Å². The fourth-order valence-corrected chi connectivity index (χ4v) is 5.36. The van der Waals surface area contributed by atoms with Crippen molar-refractivity contribution in [1.82, 2.24) is 15.0 Å². The lowest BCUT2D eigenvalue weighted by molar-refractivity contribution is 1.18. The maximum Gasteiger partial charge on any atom is 0.160 e. The summed E-state index contributed by atoms with van der Waals surface area (Å²) in [6.45, 7) is 3.72. The molecule has 208 valence electrons. The Labute approximate surface area is 257 Å². The minimum absolute atomic E-state index is 0.694. The van der Waals surface area contributed by atoms with Crippen LogP contribution in [0.15, 0.2) is 164 Å². The van der Waals surface area contributed by atoms with Gasteiger partial charge in [0.1, 0.15) is 0 Å². The third-order valence-corrected chi connectivity index (χ3v) is 7.67. The van der Waals surface area contributed by atoms with Gasteiger partial charge in [0.2, 0.25) is 0 Å². The highest BCUT2D eigenvalue weighted by molar-refractivity contribution is 5.87. The Morgan fingerprint density at radius 1 is 0.477 bits per heavy atom. The van der Waals surface area contributed by atoms with Crippen LogP contribution in [0.4, 0.5) is 0 Å². The molecule has 2 heterocycles. The Balaban J connectivity index is 1.32. The SMILES string of the molecule is C=C/C=C\C=C\c1ccc(-c2cc(-c3cccc(-c4cnc5ccccc5c4)c3)nc(-c3ccc4ccccc4c3)n2)cc1. The molecule has 0 amide bonds. The van der Waals surface area contributed by atoms with Gasteiger partial charge in [-0.15, -0.1) is 0 Å². The Morgan fingerprint density at radius 2 is 1.18 bits per heavy atom. The van der Waals surface area contributed by atoms with Gasteiger partial charge >= 0.3 is 0 Å². The molecule has 3 heteroatoms. The smallest absolute Gasteiger partial charge is 0.160 e. The normalized spacial score (nSPS) is 11.5. The number of fused-ring (bicyclic) bond motifs is 2. The molecule has 0 saturated heterocycles. The van der Waals surface area contributed by atoms with Gasteiger partial charge in [0, 0.05) is 33.8 Å². The van der Waals surface area contributed by atoms with E-state index < -0.39 is 0 Å². The molecule has 0 N–H and O–H groups in total. The number of benzene rings is 5. The molecule has 3 nitrogen and oxygen atoms in total. The van der Waals surface area contributed by atoms with Crippen LogP contribution in [0.3, 0.4) is 0 Å². The predicted octanol–water partition coefficient (Wildman–Crippen LogP) is 10.6.